The summed E-state index contributed by atoms with van der Waals surface area (Å²) in [5, 5.41) is 11.1. The van der Waals surface area contributed by atoms with Gasteiger partial charge >= 0.3 is 0 Å². The molecule has 1 aliphatic heterocycles. The van der Waals surface area contributed by atoms with E-state index < -0.39 is 23.5 Å². The Bertz CT molecular complexity index is 1010. The van der Waals surface area contributed by atoms with Crippen molar-refractivity contribution in [2.24, 2.45) is 0 Å². The van der Waals surface area contributed by atoms with Gasteiger partial charge in [-0.1, -0.05) is 12.1 Å². The summed E-state index contributed by atoms with van der Waals surface area (Å²) in [5.74, 6) is -1.44. The van der Waals surface area contributed by atoms with Gasteiger partial charge in [-0.3, -0.25) is 9.59 Å². The Hall–Kier alpha value is -3.19. The van der Waals surface area contributed by atoms with Crippen molar-refractivity contribution in [3.05, 3.63) is 70.5 Å². The molecule has 7 heteroatoms. The molecule has 1 unspecified atom stereocenters. The number of hydrogen-bond donors (Lipinski definition) is 1. The zero-order chi connectivity index (χ0) is 22.7. The first kappa shape index (κ1) is 22.5. The fourth-order valence-corrected chi connectivity index (χ4v) is 3.84. The Balaban J connectivity index is 2.10. The van der Waals surface area contributed by atoms with Crippen molar-refractivity contribution in [1.82, 2.24) is 9.80 Å². The standard InChI is InChI=1S/C24H27FN2O4/c1-15-14-17(8-11-19(15)31-4)22(28)20-21(16-6-9-18(25)10-7-16)27(24(30)23(20)29)13-5-12-26(2)3/h6-11,14,21,28H,5,12-13H2,1-4H3. The highest BCUT2D eigenvalue weighted by molar-refractivity contribution is 6.46. The van der Waals surface area contributed by atoms with Crippen molar-refractivity contribution in [3.8, 4) is 5.75 Å². The first-order valence-corrected chi connectivity index (χ1v) is 10.1. The molecule has 1 heterocycles. The van der Waals surface area contributed by atoms with Gasteiger partial charge in [-0.05, 0) is 75.4 Å². The second-order valence-corrected chi connectivity index (χ2v) is 7.89. The topological polar surface area (TPSA) is 70.1 Å². The highest BCUT2D eigenvalue weighted by atomic mass is 19.1. The number of rotatable bonds is 7. The van der Waals surface area contributed by atoms with Crippen LogP contribution in [0.2, 0.25) is 0 Å². The molecule has 0 aromatic heterocycles. The van der Waals surface area contributed by atoms with Crippen LogP contribution in [-0.4, -0.2) is 60.9 Å². The summed E-state index contributed by atoms with van der Waals surface area (Å²) < 4.78 is 18.8. The van der Waals surface area contributed by atoms with E-state index in [4.69, 9.17) is 4.74 Å². The van der Waals surface area contributed by atoms with Crippen LogP contribution in [-0.2, 0) is 9.59 Å². The van der Waals surface area contributed by atoms with Crippen LogP contribution >= 0.6 is 0 Å². The molecule has 3 rings (SSSR count). The van der Waals surface area contributed by atoms with Crippen LogP contribution in [0.3, 0.4) is 0 Å². The van der Waals surface area contributed by atoms with Crippen LogP contribution in [0.15, 0.2) is 48.0 Å². The molecule has 6 nitrogen and oxygen atoms in total. The Morgan fingerprint density at radius 1 is 1.16 bits per heavy atom. The third-order valence-corrected chi connectivity index (χ3v) is 5.40. The van der Waals surface area contributed by atoms with Gasteiger partial charge in [0.1, 0.15) is 17.3 Å². The zero-order valence-electron chi connectivity index (χ0n) is 18.2. The molecule has 1 N–H and O–H groups in total. The van der Waals surface area contributed by atoms with Crippen molar-refractivity contribution >= 4 is 17.4 Å². The minimum atomic E-state index is -0.787. The first-order chi connectivity index (χ1) is 14.7. The summed E-state index contributed by atoms with van der Waals surface area (Å²) in [6.07, 6.45) is 0.652. The van der Waals surface area contributed by atoms with Crippen LogP contribution in [0.4, 0.5) is 4.39 Å². The predicted molar refractivity (Wildman–Crippen MR) is 116 cm³/mol. The molecule has 2 aromatic carbocycles. The molecule has 1 atom stereocenters. The monoisotopic (exact) mass is 426 g/mol. The fourth-order valence-electron chi connectivity index (χ4n) is 3.84. The van der Waals surface area contributed by atoms with Crippen LogP contribution in [0.5, 0.6) is 5.75 Å². The SMILES string of the molecule is COc1ccc(C(O)=C2C(=O)C(=O)N(CCCN(C)C)C2c2ccc(F)cc2)cc1C. The van der Waals surface area contributed by atoms with Gasteiger partial charge in [0.05, 0.1) is 18.7 Å². The number of methoxy groups -OCH3 is 1. The third-order valence-electron chi connectivity index (χ3n) is 5.40. The Morgan fingerprint density at radius 2 is 1.84 bits per heavy atom. The van der Waals surface area contributed by atoms with Crippen molar-refractivity contribution in [1.29, 1.82) is 0 Å². The number of ketones is 1. The van der Waals surface area contributed by atoms with Crippen molar-refractivity contribution < 1.29 is 23.8 Å². The fraction of sp³-hybridized carbons (Fsp3) is 0.333. The molecule has 1 aliphatic rings. The molecular weight excluding hydrogens is 399 g/mol. The molecule has 0 aliphatic carbocycles. The highest BCUT2D eigenvalue weighted by Gasteiger charge is 2.45. The highest BCUT2D eigenvalue weighted by Crippen LogP contribution is 2.40. The molecule has 0 bridgehead atoms. The second kappa shape index (κ2) is 9.31. The van der Waals surface area contributed by atoms with Gasteiger partial charge in [0.15, 0.2) is 0 Å². The number of carbonyl (C=O) groups excluding carboxylic acids is 2. The van der Waals surface area contributed by atoms with Gasteiger partial charge in [0.25, 0.3) is 11.7 Å². The van der Waals surface area contributed by atoms with E-state index in [1.54, 1.807) is 25.3 Å². The van der Waals surface area contributed by atoms with E-state index in [1.165, 1.54) is 29.2 Å². The number of Topliss-reactive ketones (excluding diaryl/α,β-unsaturated/α-hetero) is 1. The molecule has 2 aromatic rings. The number of nitrogens with zero attached hydrogens (tertiary/aromatic N) is 2. The van der Waals surface area contributed by atoms with Gasteiger partial charge < -0.3 is 19.6 Å². The number of amides is 1. The number of ether oxygens (including phenoxy) is 1. The van der Waals surface area contributed by atoms with Gasteiger partial charge in [-0.15, -0.1) is 0 Å². The summed E-state index contributed by atoms with van der Waals surface area (Å²) in [6, 6.07) is 9.90. The predicted octanol–water partition coefficient (Wildman–Crippen LogP) is 3.52. The maximum Gasteiger partial charge on any atom is 0.295 e. The lowest BCUT2D eigenvalue weighted by Crippen LogP contribution is -2.32. The molecule has 0 spiro atoms. The van der Waals surface area contributed by atoms with Crippen LogP contribution in [0, 0.1) is 12.7 Å². The molecule has 164 valence electrons. The summed E-state index contributed by atoms with van der Waals surface area (Å²) in [4.78, 5) is 29.3. The van der Waals surface area contributed by atoms with E-state index in [9.17, 15) is 19.1 Å². The van der Waals surface area contributed by atoms with Crippen LogP contribution < -0.4 is 4.74 Å². The number of aryl methyl sites for hydroxylation is 1. The quantitative estimate of drug-likeness (QED) is 0.417. The summed E-state index contributed by atoms with van der Waals surface area (Å²) >= 11 is 0. The van der Waals surface area contributed by atoms with Crippen LogP contribution in [0.1, 0.15) is 29.2 Å². The zero-order valence-corrected chi connectivity index (χ0v) is 18.2. The number of likely N-dealkylation sites (tertiary alicyclic amines) is 1. The maximum absolute atomic E-state index is 13.5. The number of hydrogen-bond acceptors (Lipinski definition) is 5. The minimum Gasteiger partial charge on any atom is -0.507 e. The molecular formula is C24H27FN2O4. The second-order valence-electron chi connectivity index (χ2n) is 7.89. The number of benzene rings is 2. The molecule has 0 radical (unpaired) electrons. The Labute approximate surface area is 181 Å². The van der Waals surface area contributed by atoms with E-state index in [2.05, 4.69) is 0 Å². The average molecular weight is 426 g/mol. The van der Waals surface area contributed by atoms with E-state index in [-0.39, 0.29) is 11.3 Å². The van der Waals surface area contributed by atoms with Crippen molar-refractivity contribution in [2.75, 3.05) is 34.3 Å². The smallest absolute Gasteiger partial charge is 0.295 e. The van der Waals surface area contributed by atoms with E-state index in [0.717, 1.165) is 12.1 Å². The normalized spacial score (nSPS) is 18.1. The third kappa shape index (κ3) is 4.61. The molecule has 31 heavy (non-hydrogen) atoms. The first-order valence-electron chi connectivity index (χ1n) is 10.1. The summed E-state index contributed by atoms with van der Waals surface area (Å²) in [5.41, 5.74) is 1.77. The lowest BCUT2D eigenvalue weighted by molar-refractivity contribution is -0.139. The number of carbonyl (C=O) groups is 2. The largest absolute Gasteiger partial charge is 0.507 e. The van der Waals surface area contributed by atoms with Gasteiger partial charge in [0, 0.05) is 12.1 Å². The van der Waals surface area contributed by atoms with E-state index >= 15 is 0 Å². The maximum atomic E-state index is 13.5. The number of aliphatic hydroxyl groups excluding tert-OH is 1. The molecule has 1 fully saturated rings. The summed E-state index contributed by atoms with van der Waals surface area (Å²) in [7, 11) is 5.41. The van der Waals surface area contributed by atoms with Crippen molar-refractivity contribution in [2.45, 2.75) is 19.4 Å². The van der Waals surface area contributed by atoms with Gasteiger partial charge in [0.2, 0.25) is 0 Å². The van der Waals surface area contributed by atoms with Crippen LogP contribution in [0.25, 0.3) is 5.76 Å². The summed E-state index contributed by atoms with van der Waals surface area (Å²) in [6.45, 7) is 2.90. The average Bonchev–Trinajstić information content (AvgIpc) is 2.98. The van der Waals surface area contributed by atoms with Crippen molar-refractivity contribution in [3.63, 3.8) is 0 Å². The molecule has 1 amide bonds. The Kier molecular flexibility index (Phi) is 6.75. The van der Waals surface area contributed by atoms with Gasteiger partial charge in [-0.25, -0.2) is 4.39 Å². The number of halogens is 1. The molecule has 1 saturated heterocycles. The van der Waals surface area contributed by atoms with E-state index in [1.807, 2.05) is 25.9 Å². The Morgan fingerprint density at radius 3 is 2.42 bits per heavy atom. The lowest BCUT2D eigenvalue weighted by Gasteiger charge is -2.26. The number of aliphatic hydroxyl groups is 1. The lowest BCUT2D eigenvalue weighted by atomic mass is 9.94. The minimum absolute atomic E-state index is 0.00558. The molecule has 0 saturated carbocycles. The van der Waals surface area contributed by atoms with E-state index in [0.29, 0.717) is 29.8 Å². The van der Waals surface area contributed by atoms with Gasteiger partial charge in [-0.2, -0.15) is 0 Å².